The number of benzene rings is 1. The lowest BCUT2D eigenvalue weighted by Gasteiger charge is -2.17. The number of carbonyl (C=O) groups is 1. The molecule has 0 bridgehead atoms. The number of amides is 1. The summed E-state index contributed by atoms with van der Waals surface area (Å²) < 4.78 is 33.9. The van der Waals surface area contributed by atoms with Crippen LogP contribution in [0.5, 0.6) is 0 Å². The Bertz CT molecular complexity index is 603. The van der Waals surface area contributed by atoms with E-state index in [0.29, 0.717) is 13.1 Å². The molecule has 1 aliphatic heterocycles. The zero-order valence-corrected chi connectivity index (χ0v) is 11.8. The average molecular weight is 300 g/mol. The minimum atomic E-state index is -4.53. The maximum atomic E-state index is 12.6. The van der Waals surface area contributed by atoms with Gasteiger partial charge in [-0.25, -0.2) is 0 Å². The fraction of sp³-hybridized carbons (Fsp3) is 0.462. The van der Waals surface area contributed by atoms with Crippen LogP contribution in [-0.4, -0.2) is 31.5 Å². The zero-order chi connectivity index (χ0) is 14.8. The van der Waals surface area contributed by atoms with Crippen molar-refractivity contribution in [2.45, 2.75) is 19.5 Å². The molecule has 7 heteroatoms. The van der Waals surface area contributed by atoms with Crippen molar-refractivity contribution in [3.8, 4) is 0 Å². The minimum Gasteiger partial charge on any atom is -0.338 e. The van der Waals surface area contributed by atoms with Gasteiger partial charge in [-0.1, -0.05) is 24.3 Å². The van der Waals surface area contributed by atoms with Crippen molar-refractivity contribution in [3.05, 3.63) is 35.4 Å². The predicted octanol–water partition coefficient (Wildman–Crippen LogP) is 0.793. The summed E-state index contributed by atoms with van der Waals surface area (Å²) in [5.74, 6) is -1.19. The SMILES string of the molecule is NCc1cccc(CN2CC(CS(=O)(=O)F)CC2=O)c1. The molecular weight excluding hydrogens is 283 g/mol. The zero-order valence-electron chi connectivity index (χ0n) is 11.0. The maximum absolute atomic E-state index is 12.6. The molecule has 1 saturated heterocycles. The molecule has 1 amide bonds. The lowest BCUT2D eigenvalue weighted by Crippen LogP contribution is -2.25. The van der Waals surface area contributed by atoms with Gasteiger partial charge in [0, 0.05) is 32.0 Å². The van der Waals surface area contributed by atoms with Crippen LogP contribution in [0, 0.1) is 5.92 Å². The number of rotatable bonds is 5. The van der Waals surface area contributed by atoms with Crippen LogP contribution < -0.4 is 5.73 Å². The Morgan fingerprint density at radius 3 is 2.70 bits per heavy atom. The van der Waals surface area contributed by atoms with E-state index >= 15 is 0 Å². The van der Waals surface area contributed by atoms with Crippen molar-refractivity contribution in [2.24, 2.45) is 11.7 Å². The number of halogens is 1. The van der Waals surface area contributed by atoms with Gasteiger partial charge in [-0.3, -0.25) is 4.79 Å². The molecule has 1 aromatic carbocycles. The van der Waals surface area contributed by atoms with Crippen LogP contribution in [0.3, 0.4) is 0 Å². The Morgan fingerprint density at radius 2 is 2.05 bits per heavy atom. The standard InChI is InChI=1S/C13H17FN2O3S/c14-20(18,19)9-12-5-13(17)16(8-12)7-11-3-1-2-10(4-11)6-15/h1-4,12H,5-9,15H2. The van der Waals surface area contributed by atoms with E-state index in [1.807, 2.05) is 24.3 Å². The van der Waals surface area contributed by atoms with E-state index in [9.17, 15) is 17.1 Å². The quantitative estimate of drug-likeness (QED) is 0.815. The van der Waals surface area contributed by atoms with Crippen LogP contribution >= 0.6 is 0 Å². The molecule has 1 aliphatic rings. The lowest BCUT2D eigenvalue weighted by atomic mass is 10.1. The summed E-state index contributed by atoms with van der Waals surface area (Å²) >= 11 is 0. The number of hydrogen-bond acceptors (Lipinski definition) is 4. The summed E-state index contributed by atoms with van der Waals surface area (Å²) in [6.07, 6.45) is 0.0831. The summed E-state index contributed by atoms with van der Waals surface area (Å²) in [5, 5.41) is 0. The summed E-state index contributed by atoms with van der Waals surface area (Å²) in [6.45, 7) is 1.09. The Morgan fingerprint density at radius 1 is 1.35 bits per heavy atom. The molecule has 0 radical (unpaired) electrons. The maximum Gasteiger partial charge on any atom is 0.302 e. The van der Waals surface area contributed by atoms with Gasteiger partial charge in [0.2, 0.25) is 5.91 Å². The first-order chi connectivity index (χ1) is 9.37. The van der Waals surface area contributed by atoms with Gasteiger partial charge in [-0.05, 0) is 11.1 Å². The normalized spacial score (nSPS) is 19.6. The van der Waals surface area contributed by atoms with Gasteiger partial charge in [0.15, 0.2) is 0 Å². The molecule has 2 rings (SSSR count). The number of nitrogens with zero attached hydrogens (tertiary/aromatic N) is 1. The highest BCUT2D eigenvalue weighted by molar-refractivity contribution is 7.86. The molecule has 5 nitrogen and oxygen atoms in total. The smallest absolute Gasteiger partial charge is 0.302 e. The molecule has 0 saturated carbocycles. The van der Waals surface area contributed by atoms with E-state index in [-0.39, 0.29) is 18.9 Å². The van der Waals surface area contributed by atoms with Gasteiger partial charge in [-0.15, -0.1) is 3.89 Å². The number of nitrogens with two attached hydrogens (primary N) is 1. The van der Waals surface area contributed by atoms with E-state index in [4.69, 9.17) is 5.73 Å². The van der Waals surface area contributed by atoms with Gasteiger partial charge >= 0.3 is 10.2 Å². The van der Waals surface area contributed by atoms with Gasteiger partial charge in [-0.2, -0.15) is 8.42 Å². The van der Waals surface area contributed by atoms with Crippen molar-refractivity contribution in [1.29, 1.82) is 0 Å². The van der Waals surface area contributed by atoms with Gasteiger partial charge in [0.1, 0.15) is 0 Å². The molecule has 2 N–H and O–H groups in total. The molecule has 0 aromatic heterocycles. The van der Waals surface area contributed by atoms with Crippen LogP contribution in [0.1, 0.15) is 17.5 Å². The van der Waals surface area contributed by atoms with Crippen LogP contribution in [0.25, 0.3) is 0 Å². The number of carbonyl (C=O) groups excluding carboxylic acids is 1. The second kappa shape index (κ2) is 5.88. The third-order valence-electron chi connectivity index (χ3n) is 3.33. The first-order valence-electron chi connectivity index (χ1n) is 6.35. The molecule has 1 heterocycles. The summed E-state index contributed by atoms with van der Waals surface area (Å²) in [6, 6.07) is 7.55. The van der Waals surface area contributed by atoms with Gasteiger partial charge in [0.05, 0.1) is 5.75 Å². The average Bonchev–Trinajstić information content (AvgIpc) is 2.67. The molecule has 1 fully saturated rings. The first-order valence-corrected chi connectivity index (χ1v) is 7.90. The van der Waals surface area contributed by atoms with E-state index in [1.165, 1.54) is 0 Å². The lowest BCUT2D eigenvalue weighted by molar-refractivity contribution is -0.128. The van der Waals surface area contributed by atoms with E-state index < -0.39 is 21.9 Å². The summed E-state index contributed by atoms with van der Waals surface area (Å²) in [4.78, 5) is 13.4. The topological polar surface area (TPSA) is 80.5 Å². The number of likely N-dealkylation sites (tertiary alicyclic amines) is 1. The van der Waals surface area contributed by atoms with Crippen molar-refractivity contribution in [1.82, 2.24) is 4.90 Å². The van der Waals surface area contributed by atoms with Gasteiger partial charge in [0.25, 0.3) is 0 Å². The Kier molecular flexibility index (Phi) is 4.39. The molecular formula is C13H17FN2O3S. The van der Waals surface area contributed by atoms with E-state index in [0.717, 1.165) is 11.1 Å². The fourth-order valence-electron chi connectivity index (χ4n) is 2.48. The molecule has 110 valence electrons. The molecule has 1 aromatic rings. The third-order valence-corrected chi connectivity index (χ3v) is 4.20. The molecule has 0 aliphatic carbocycles. The van der Waals surface area contributed by atoms with Crippen LogP contribution in [0.2, 0.25) is 0 Å². The summed E-state index contributed by atoms with van der Waals surface area (Å²) in [5.41, 5.74) is 7.46. The second-order valence-corrected chi connectivity index (χ2v) is 6.49. The first kappa shape index (κ1) is 14.9. The highest BCUT2D eigenvalue weighted by Gasteiger charge is 2.32. The molecule has 1 unspecified atom stereocenters. The van der Waals surface area contributed by atoms with Crippen LogP contribution in [0.4, 0.5) is 3.89 Å². The van der Waals surface area contributed by atoms with E-state index in [1.54, 1.807) is 4.90 Å². The van der Waals surface area contributed by atoms with Crippen LogP contribution in [0.15, 0.2) is 24.3 Å². The molecule has 0 spiro atoms. The third kappa shape index (κ3) is 4.01. The Balaban J connectivity index is 2.01. The van der Waals surface area contributed by atoms with Crippen molar-refractivity contribution >= 4 is 16.1 Å². The van der Waals surface area contributed by atoms with Crippen molar-refractivity contribution < 1.29 is 17.1 Å². The van der Waals surface area contributed by atoms with Crippen molar-refractivity contribution in [3.63, 3.8) is 0 Å². The Labute approximate surface area is 117 Å². The minimum absolute atomic E-state index is 0.0831. The fourth-order valence-corrected chi connectivity index (χ4v) is 3.26. The highest BCUT2D eigenvalue weighted by Crippen LogP contribution is 2.22. The molecule has 1 atom stereocenters. The number of hydrogen-bond donors (Lipinski definition) is 1. The largest absolute Gasteiger partial charge is 0.338 e. The Hall–Kier alpha value is -1.47. The second-order valence-electron chi connectivity index (χ2n) is 5.07. The van der Waals surface area contributed by atoms with Gasteiger partial charge < -0.3 is 10.6 Å². The summed E-state index contributed by atoms with van der Waals surface area (Å²) in [7, 11) is -4.53. The monoisotopic (exact) mass is 300 g/mol. The molecule has 20 heavy (non-hydrogen) atoms. The predicted molar refractivity (Wildman–Crippen MR) is 72.8 cm³/mol. The van der Waals surface area contributed by atoms with Crippen molar-refractivity contribution in [2.75, 3.05) is 12.3 Å². The van der Waals surface area contributed by atoms with E-state index in [2.05, 4.69) is 0 Å². The highest BCUT2D eigenvalue weighted by atomic mass is 32.3. The van der Waals surface area contributed by atoms with Crippen LogP contribution in [-0.2, 0) is 28.1 Å².